The van der Waals surface area contributed by atoms with Gasteiger partial charge in [-0.25, -0.2) is 9.18 Å². The van der Waals surface area contributed by atoms with Crippen molar-refractivity contribution in [3.05, 3.63) is 74.8 Å². The summed E-state index contributed by atoms with van der Waals surface area (Å²) < 4.78 is 22.5. The molecule has 0 spiro atoms. The molecular weight excluding hydrogens is 457 g/mol. The summed E-state index contributed by atoms with van der Waals surface area (Å²) in [6.07, 6.45) is 2.05. The zero-order valence-electron chi connectivity index (χ0n) is 15.1. The van der Waals surface area contributed by atoms with Crippen LogP contribution in [0.3, 0.4) is 0 Å². The van der Waals surface area contributed by atoms with Crippen molar-refractivity contribution in [3.63, 3.8) is 0 Å². The van der Waals surface area contributed by atoms with Gasteiger partial charge in [-0.3, -0.25) is 4.57 Å². The van der Waals surface area contributed by atoms with E-state index in [4.69, 9.17) is 4.42 Å². The SMILES string of the molecule is O=c1cc(CSc2nnc(-c3ccccc3F)n2C2CC2)c2ccc(Br)cc2o1. The number of halogens is 2. The van der Waals surface area contributed by atoms with E-state index in [0.29, 0.717) is 22.7 Å². The van der Waals surface area contributed by atoms with E-state index in [1.54, 1.807) is 24.3 Å². The van der Waals surface area contributed by atoms with Gasteiger partial charge in [0.15, 0.2) is 11.0 Å². The number of benzene rings is 2. The van der Waals surface area contributed by atoms with Crippen molar-refractivity contribution in [2.45, 2.75) is 29.8 Å². The Hall–Kier alpha value is -2.45. The first-order valence-electron chi connectivity index (χ1n) is 9.15. The molecular formula is C21H15BrFN3O2S. The first-order valence-corrected chi connectivity index (χ1v) is 10.9. The standard InChI is InChI=1S/C21H15BrFN3O2S/c22-13-5-8-15-12(9-19(27)28-18(15)10-13)11-29-21-25-24-20(26(21)14-6-7-14)16-3-1-2-4-17(16)23/h1-5,8-10,14H,6-7,11H2. The molecule has 5 nitrogen and oxygen atoms in total. The predicted molar refractivity (Wildman–Crippen MR) is 113 cm³/mol. The fourth-order valence-electron chi connectivity index (χ4n) is 3.33. The number of aromatic nitrogens is 3. The Bertz CT molecular complexity index is 1280. The highest BCUT2D eigenvalue weighted by atomic mass is 79.9. The molecule has 5 rings (SSSR count). The molecule has 8 heteroatoms. The van der Waals surface area contributed by atoms with Gasteiger partial charge < -0.3 is 4.42 Å². The van der Waals surface area contributed by atoms with Crippen LogP contribution >= 0.6 is 27.7 Å². The summed E-state index contributed by atoms with van der Waals surface area (Å²) in [5.74, 6) is 0.774. The summed E-state index contributed by atoms with van der Waals surface area (Å²) in [4.78, 5) is 12.0. The third-order valence-electron chi connectivity index (χ3n) is 4.84. The first-order chi connectivity index (χ1) is 14.1. The smallest absolute Gasteiger partial charge is 0.336 e. The minimum absolute atomic E-state index is 0.288. The van der Waals surface area contributed by atoms with Crippen molar-refractivity contribution in [1.82, 2.24) is 14.8 Å². The van der Waals surface area contributed by atoms with Crippen LogP contribution in [0.1, 0.15) is 24.4 Å². The highest BCUT2D eigenvalue weighted by molar-refractivity contribution is 9.10. The molecule has 0 radical (unpaired) electrons. The molecule has 0 atom stereocenters. The van der Waals surface area contributed by atoms with Crippen LogP contribution in [-0.4, -0.2) is 14.8 Å². The Morgan fingerprint density at radius 1 is 1.17 bits per heavy atom. The van der Waals surface area contributed by atoms with E-state index in [0.717, 1.165) is 33.4 Å². The van der Waals surface area contributed by atoms with Crippen molar-refractivity contribution < 1.29 is 8.81 Å². The second-order valence-corrected chi connectivity index (χ2v) is 8.77. The fourth-order valence-corrected chi connectivity index (χ4v) is 4.67. The fraction of sp³-hybridized carbons (Fsp3) is 0.190. The molecule has 0 amide bonds. The predicted octanol–water partition coefficient (Wildman–Crippen LogP) is 5.58. The second kappa shape index (κ2) is 7.42. The van der Waals surface area contributed by atoms with Crippen LogP contribution in [0.2, 0.25) is 0 Å². The van der Waals surface area contributed by atoms with Crippen LogP contribution in [0, 0.1) is 5.82 Å². The van der Waals surface area contributed by atoms with Gasteiger partial charge in [0, 0.05) is 27.7 Å². The summed E-state index contributed by atoms with van der Waals surface area (Å²) in [6, 6.07) is 14.0. The molecule has 1 aliphatic carbocycles. The van der Waals surface area contributed by atoms with Crippen LogP contribution < -0.4 is 5.63 Å². The number of thioether (sulfide) groups is 1. The Kier molecular flexibility index (Phi) is 4.75. The van der Waals surface area contributed by atoms with Gasteiger partial charge in [0.25, 0.3) is 0 Å². The molecule has 146 valence electrons. The van der Waals surface area contributed by atoms with Crippen molar-refractivity contribution in [2.75, 3.05) is 0 Å². The lowest BCUT2D eigenvalue weighted by Crippen LogP contribution is -2.02. The number of hydrogen-bond acceptors (Lipinski definition) is 5. The van der Waals surface area contributed by atoms with Gasteiger partial charge in [-0.1, -0.05) is 39.8 Å². The molecule has 4 aromatic rings. The Labute approximate surface area is 178 Å². The van der Waals surface area contributed by atoms with E-state index in [1.807, 2.05) is 16.7 Å². The monoisotopic (exact) mass is 471 g/mol. The molecule has 0 aliphatic heterocycles. The van der Waals surface area contributed by atoms with E-state index < -0.39 is 0 Å². The lowest BCUT2D eigenvalue weighted by molar-refractivity contribution is 0.559. The van der Waals surface area contributed by atoms with E-state index >= 15 is 0 Å². The van der Waals surface area contributed by atoms with Crippen LogP contribution in [0.25, 0.3) is 22.4 Å². The largest absolute Gasteiger partial charge is 0.423 e. The molecule has 1 fully saturated rings. The summed E-state index contributed by atoms with van der Waals surface area (Å²) in [5.41, 5.74) is 1.47. The van der Waals surface area contributed by atoms with E-state index in [-0.39, 0.29) is 17.5 Å². The van der Waals surface area contributed by atoms with Crippen molar-refractivity contribution in [2.24, 2.45) is 0 Å². The highest BCUT2D eigenvalue weighted by Crippen LogP contribution is 2.42. The highest BCUT2D eigenvalue weighted by Gasteiger charge is 2.31. The average molecular weight is 472 g/mol. The molecule has 0 saturated heterocycles. The third-order valence-corrected chi connectivity index (χ3v) is 6.33. The molecule has 1 aliphatic rings. The van der Waals surface area contributed by atoms with Crippen molar-refractivity contribution >= 4 is 38.7 Å². The maximum Gasteiger partial charge on any atom is 0.336 e. The van der Waals surface area contributed by atoms with Crippen LogP contribution in [0.5, 0.6) is 0 Å². The van der Waals surface area contributed by atoms with Crippen molar-refractivity contribution in [1.29, 1.82) is 0 Å². The van der Waals surface area contributed by atoms with E-state index in [2.05, 4.69) is 26.1 Å². The summed E-state index contributed by atoms with van der Waals surface area (Å²) in [7, 11) is 0. The van der Waals surface area contributed by atoms with Gasteiger partial charge in [-0.05, 0) is 48.7 Å². The zero-order valence-corrected chi connectivity index (χ0v) is 17.5. The minimum atomic E-state index is -0.387. The van der Waals surface area contributed by atoms with Gasteiger partial charge in [-0.2, -0.15) is 0 Å². The summed E-state index contributed by atoms with van der Waals surface area (Å²) in [6.45, 7) is 0. The number of fused-ring (bicyclic) bond motifs is 1. The summed E-state index contributed by atoms with van der Waals surface area (Å²) in [5, 5.41) is 10.2. The molecule has 1 saturated carbocycles. The van der Waals surface area contributed by atoms with Crippen LogP contribution in [0.15, 0.2) is 67.4 Å². The average Bonchev–Trinajstić information content (AvgIpc) is 3.45. The van der Waals surface area contributed by atoms with Gasteiger partial charge >= 0.3 is 5.63 Å². The maximum absolute atomic E-state index is 14.3. The van der Waals surface area contributed by atoms with Gasteiger partial charge in [0.1, 0.15) is 11.4 Å². The number of rotatable bonds is 5. The molecule has 2 aromatic heterocycles. The van der Waals surface area contributed by atoms with Gasteiger partial charge in [-0.15, -0.1) is 10.2 Å². The second-order valence-electron chi connectivity index (χ2n) is 6.91. The zero-order chi connectivity index (χ0) is 20.0. The molecule has 0 N–H and O–H groups in total. The lowest BCUT2D eigenvalue weighted by atomic mass is 10.1. The molecule has 0 bridgehead atoms. The molecule has 2 aromatic carbocycles. The van der Waals surface area contributed by atoms with Crippen LogP contribution in [-0.2, 0) is 5.75 Å². The molecule has 29 heavy (non-hydrogen) atoms. The minimum Gasteiger partial charge on any atom is -0.423 e. The van der Waals surface area contributed by atoms with E-state index in [1.165, 1.54) is 23.9 Å². The topological polar surface area (TPSA) is 60.9 Å². The summed E-state index contributed by atoms with van der Waals surface area (Å²) >= 11 is 4.89. The maximum atomic E-state index is 14.3. The molecule has 2 heterocycles. The van der Waals surface area contributed by atoms with Gasteiger partial charge in [0.2, 0.25) is 0 Å². The normalized spacial score (nSPS) is 13.9. The number of nitrogens with zero attached hydrogens (tertiary/aromatic N) is 3. The van der Waals surface area contributed by atoms with Crippen molar-refractivity contribution in [3.8, 4) is 11.4 Å². The quantitative estimate of drug-likeness (QED) is 0.280. The molecule has 0 unspecified atom stereocenters. The Morgan fingerprint density at radius 2 is 2.00 bits per heavy atom. The van der Waals surface area contributed by atoms with E-state index in [9.17, 15) is 9.18 Å². The van der Waals surface area contributed by atoms with Crippen LogP contribution in [0.4, 0.5) is 4.39 Å². The lowest BCUT2D eigenvalue weighted by Gasteiger charge is -2.10. The Morgan fingerprint density at radius 3 is 2.79 bits per heavy atom. The third kappa shape index (κ3) is 3.62. The van der Waals surface area contributed by atoms with Gasteiger partial charge in [0.05, 0.1) is 5.56 Å². The Balaban J connectivity index is 1.50. The number of hydrogen-bond donors (Lipinski definition) is 0. The first kappa shape index (κ1) is 18.6.